The summed E-state index contributed by atoms with van der Waals surface area (Å²) in [5.41, 5.74) is 1.56. The normalized spacial score (nSPS) is 15.3. The summed E-state index contributed by atoms with van der Waals surface area (Å²) < 4.78 is 4.97. The van der Waals surface area contributed by atoms with Gasteiger partial charge in [0.05, 0.1) is 18.5 Å². The number of hydrogen-bond acceptors (Lipinski definition) is 4. The molecule has 1 saturated heterocycles. The second-order valence-electron chi connectivity index (χ2n) is 5.25. The van der Waals surface area contributed by atoms with Crippen molar-refractivity contribution in [3.63, 3.8) is 0 Å². The fourth-order valence-electron chi connectivity index (χ4n) is 2.32. The van der Waals surface area contributed by atoms with Crippen molar-refractivity contribution in [3.8, 4) is 0 Å². The summed E-state index contributed by atoms with van der Waals surface area (Å²) >= 11 is 0. The highest BCUT2D eigenvalue weighted by Crippen LogP contribution is 2.12. The molecule has 0 aromatic carbocycles. The van der Waals surface area contributed by atoms with Crippen LogP contribution in [-0.2, 0) is 4.74 Å². The number of piperidine rings is 1. The van der Waals surface area contributed by atoms with Crippen LogP contribution in [0.4, 0.5) is 15.3 Å². The van der Waals surface area contributed by atoms with Crippen LogP contribution >= 0.6 is 0 Å². The summed E-state index contributed by atoms with van der Waals surface area (Å²) in [6.45, 7) is 5.24. The zero-order chi connectivity index (χ0) is 15.9. The Kier molecular flexibility index (Phi) is 5.57. The number of pyridine rings is 1. The fourth-order valence-corrected chi connectivity index (χ4v) is 2.32. The van der Waals surface area contributed by atoms with Gasteiger partial charge < -0.3 is 20.3 Å². The van der Waals surface area contributed by atoms with E-state index in [0.29, 0.717) is 25.4 Å². The van der Waals surface area contributed by atoms with E-state index in [-0.39, 0.29) is 18.2 Å². The number of hydrogen-bond donors (Lipinski definition) is 2. The predicted molar refractivity (Wildman–Crippen MR) is 82.7 cm³/mol. The van der Waals surface area contributed by atoms with Crippen LogP contribution in [0, 0.1) is 6.92 Å². The van der Waals surface area contributed by atoms with Crippen molar-refractivity contribution >= 4 is 17.8 Å². The molecule has 0 radical (unpaired) electrons. The van der Waals surface area contributed by atoms with Crippen LogP contribution in [0.1, 0.15) is 25.5 Å². The molecule has 0 unspecified atom stereocenters. The van der Waals surface area contributed by atoms with E-state index in [2.05, 4.69) is 15.6 Å². The molecule has 0 bridgehead atoms. The molecule has 1 aromatic heterocycles. The zero-order valence-electron chi connectivity index (χ0n) is 13.0. The molecule has 3 amide bonds. The maximum absolute atomic E-state index is 11.9. The third-order valence-electron chi connectivity index (χ3n) is 3.53. The summed E-state index contributed by atoms with van der Waals surface area (Å²) in [6.07, 6.45) is 2.78. The maximum Gasteiger partial charge on any atom is 0.409 e. The third kappa shape index (κ3) is 4.61. The average Bonchev–Trinajstić information content (AvgIpc) is 2.50. The number of rotatable bonds is 3. The van der Waals surface area contributed by atoms with Crippen LogP contribution in [0.2, 0.25) is 0 Å². The van der Waals surface area contributed by atoms with E-state index in [1.165, 1.54) is 0 Å². The van der Waals surface area contributed by atoms with Gasteiger partial charge in [0.2, 0.25) is 0 Å². The maximum atomic E-state index is 11.9. The predicted octanol–water partition coefficient (Wildman–Crippen LogP) is 2.13. The van der Waals surface area contributed by atoms with Gasteiger partial charge in [-0.2, -0.15) is 0 Å². The van der Waals surface area contributed by atoms with Gasteiger partial charge in [-0.3, -0.25) is 4.98 Å². The molecule has 1 aromatic rings. The van der Waals surface area contributed by atoms with Crippen LogP contribution in [-0.4, -0.2) is 47.7 Å². The number of anilines is 1. The minimum Gasteiger partial charge on any atom is -0.450 e. The number of amides is 3. The molecule has 1 aliphatic heterocycles. The van der Waals surface area contributed by atoms with Crippen molar-refractivity contribution in [2.45, 2.75) is 32.7 Å². The summed E-state index contributed by atoms with van der Waals surface area (Å²) in [4.78, 5) is 29.3. The van der Waals surface area contributed by atoms with Crippen LogP contribution in [0.3, 0.4) is 0 Å². The highest BCUT2D eigenvalue weighted by molar-refractivity contribution is 5.89. The largest absolute Gasteiger partial charge is 0.450 e. The van der Waals surface area contributed by atoms with E-state index in [0.717, 1.165) is 18.5 Å². The Morgan fingerprint density at radius 3 is 2.68 bits per heavy atom. The van der Waals surface area contributed by atoms with Gasteiger partial charge >= 0.3 is 12.1 Å². The Hall–Kier alpha value is -2.31. The van der Waals surface area contributed by atoms with Crippen molar-refractivity contribution in [2.75, 3.05) is 25.0 Å². The van der Waals surface area contributed by atoms with E-state index >= 15 is 0 Å². The van der Waals surface area contributed by atoms with Gasteiger partial charge in [0.25, 0.3) is 0 Å². The van der Waals surface area contributed by atoms with E-state index in [4.69, 9.17) is 4.74 Å². The van der Waals surface area contributed by atoms with Crippen molar-refractivity contribution < 1.29 is 14.3 Å². The molecule has 0 aliphatic carbocycles. The first-order chi connectivity index (χ1) is 10.6. The third-order valence-corrected chi connectivity index (χ3v) is 3.53. The van der Waals surface area contributed by atoms with Crippen LogP contribution in [0.25, 0.3) is 0 Å². The van der Waals surface area contributed by atoms with Gasteiger partial charge in [0.1, 0.15) is 0 Å². The second-order valence-corrected chi connectivity index (χ2v) is 5.25. The Morgan fingerprint density at radius 2 is 2.09 bits per heavy atom. The quantitative estimate of drug-likeness (QED) is 0.896. The molecule has 0 atom stereocenters. The topological polar surface area (TPSA) is 83.6 Å². The van der Waals surface area contributed by atoms with Gasteiger partial charge in [0, 0.05) is 24.8 Å². The minimum atomic E-state index is -0.281. The van der Waals surface area contributed by atoms with Crippen molar-refractivity contribution in [2.24, 2.45) is 0 Å². The second kappa shape index (κ2) is 7.63. The molecular weight excluding hydrogens is 284 g/mol. The van der Waals surface area contributed by atoms with E-state index in [1.54, 1.807) is 18.0 Å². The van der Waals surface area contributed by atoms with Gasteiger partial charge in [-0.25, -0.2) is 9.59 Å². The molecule has 2 heterocycles. The molecule has 22 heavy (non-hydrogen) atoms. The molecule has 120 valence electrons. The van der Waals surface area contributed by atoms with Gasteiger partial charge in [-0.1, -0.05) is 0 Å². The van der Waals surface area contributed by atoms with Gasteiger partial charge in [0.15, 0.2) is 0 Å². The number of carbonyl (C=O) groups excluding carboxylic acids is 2. The van der Waals surface area contributed by atoms with Gasteiger partial charge in [-0.05, 0) is 38.8 Å². The lowest BCUT2D eigenvalue weighted by atomic mass is 10.1. The smallest absolute Gasteiger partial charge is 0.409 e. The number of aromatic nitrogens is 1. The Bertz CT molecular complexity index is 510. The standard InChI is InChI=1S/C15H22N4O3/c1-3-22-15(21)19-8-6-12(7-9-19)17-14(20)18-13-5-4-11(2)16-10-13/h4-5,10,12H,3,6-9H2,1-2H3,(H2,17,18,20). The summed E-state index contributed by atoms with van der Waals surface area (Å²) in [5.74, 6) is 0. The number of aryl methyl sites for hydroxylation is 1. The van der Waals surface area contributed by atoms with Gasteiger partial charge in [-0.15, -0.1) is 0 Å². The first-order valence-electron chi connectivity index (χ1n) is 7.50. The lowest BCUT2D eigenvalue weighted by Gasteiger charge is -2.31. The Labute approximate surface area is 130 Å². The first kappa shape index (κ1) is 16.1. The highest BCUT2D eigenvalue weighted by Gasteiger charge is 2.24. The summed E-state index contributed by atoms with van der Waals surface area (Å²) in [6, 6.07) is 3.46. The lowest BCUT2D eigenvalue weighted by molar-refractivity contribution is 0.0959. The number of carbonyl (C=O) groups is 2. The SMILES string of the molecule is CCOC(=O)N1CCC(NC(=O)Nc2ccc(C)nc2)CC1. The van der Waals surface area contributed by atoms with Crippen molar-refractivity contribution in [1.29, 1.82) is 0 Å². The Balaban J connectivity index is 1.74. The zero-order valence-corrected chi connectivity index (χ0v) is 13.0. The molecule has 7 heteroatoms. The van der Waals surface area contributed by atoms with E-state index in [9.17, 15) is 9.59 Å². The number of nitrogens with one attached hydrogen (secondary N) is 2. The number of ether oxygens (including phenoxy) is 1. The molecule has 1 aliphatic rings. The number of urea groups is 1. The molecule has 7 nitrogen and oxygen atoms in total. The number of likely N-dealkylation sites (tertiary alicyclic amines) is 1. The monoisotopic (exact) mass is 306 g/mol. The first-order valence-corrected chi connectivity index (χ1v) is 7.50. The lowest BCUT2D eigenvalue weighted by Crippen LogP contribution is -2.47. The van der Waals surface area contributed by atoms with Crippen LogP contribution in [0.5, 0.6) is 0 Å². The van der Waals surface area contributed by atoms with Crippen molar-refractivity contribution in [1.82, 2.24) is 15.2 Å². The van der Waals surface area contributed by atoms with E-state index < -0.39 is 0 Å². The molecule has 1 fully saturated rings. The number of nitrogens with zero attached hydrogens (tertiary/aromatic N) is 2. The molecule has 0 spiro atoms. The van der Waals surface area contributed by atoms with E-state index in [1.807, 2.05) is 19.1 Å². The van der Waals surface area contributed by atoms with Crippen LogP contribution < -0.4 is 10.6 Å². The fraction of sp³-hybridized carbons (Fsp3) is 0.533. The molecule has 2 rings (SSSR count). The molecular formula is C15H22N4O3. The highest BCUT2D eigenvalue weighted by atomic mass is 16.6. The molecule has 0 saturated carbocycles. The average molecular weight is 306 g/mol. The Morgan fingerprint density at radius 1 is 1.36 bits per heavy atom. The summed E-state index contributed by atoms with van der Waals surface area (Å²) in [5, 5.41) is 5.67. The van der Waals surface area contributed by atoms with Crippen molar-refractivity contribution in [3.05, 3.63) is 24.0 Å². The van der Waals surface area contributed by atoms with Crippen LogP contribution in [0.15, 0.2) is 18.3 Å². The minimum absolute atomic E-state index is 0.0593. The molecule has 2 N–H and O–H groups in total. The summed E-state index contributed by atoms with van der Waals surface area (Å²) in [7, 11) is 0.